The largest absolute Gasteiger partial charge is 0.497 e. The summed E-state index contributed by atoms with van der Waals surface area (Å²) in [7, 11) is 1.53. The number of aromatic nitrogens is 2. The zero-order chi connectivity index (χ0) is 28.1. The van der Waals surface area contributed by atoms with Crippen LogP contribution in [0, 0.1) is 20.8 Å². The van der Waals surface area contributed by atoms with Crippen molar-refractivity contribution in [3.63, 3.8) is 0 Å². The van der Waals surface area contributed by atoms with Crippen LogP contribution in [0.3, 0.4) is 0 Å². The lowest BCUT2D eigenvalue weighted by Gasteiger charge is -2.20. The number of carbonyl (C=O) groups is 2. The minimum absolute atomic E-state index is 0.0290. The van der Waals surface area contributed by atoms with Gasteiger partial charge in [-0.3, -0.25) is 19.1 Å². The zero-order valence-corrected chi connectivity index (χ0v) is 22.9. The lowest BCUT2D eigenvalue weighted by molar-refractivity contribution is -0.138. The smallest absolute Gasteiger partial charge is 0.416 e. The third-order valence-electron chi connectivity index (χ3n) is 6.21. The molecular formula is C28H29N3O7S. The summed E-state index contributed by atoms with van der Waals surface area (Å²) in [6.45, 7) is 5.83. The molecule has 0 radical (unpaired) electrons. The van der Waals surface area contributed by atoms with E-state index in [1.54, 1.807) is 53.1 Å². The molecule has 2 aromatic carbocycles. The van der Waals surface area contributed by atoms with Crippen molar-refractivity contribution in [2.24, 2.45) is 0 Å². The van der Waals surface area contributed by atoms with Crippen molar-refractivity contribution in [2.45, 2.75) is 33.9 Å². The zero-order valence-electron chi connectivity index (χ0n) is 22.1. The molecule has 0 aliphatic heterocycles. The summed E-state index contributed by atoms with van der Waals surface area (Å²) in [5, 5.41) is 9.94. The molecule has 11 heteroatoms. The van der Waals surface area contributed by atoms with E-state index in [2.05, 4.69) is 4.98 Å². The van der Waals surface area contributed by atoms with E-state index in [4.69, 9.17) is 14.2 Å². The van der Waals surface area contributed by atoms with Gasteiger partial charge in [0.25, 0.3) is 5.56 Å². The van der Waals surface area contributed by atoms with Gasteiger partial charge >= 0.3 is 12.1 Å². The van der Waals surface area contributed by atoms with Crippen LogP contribution in [0.5, 0.6) is 17.2 Å². The minimum atomic E-state index is -1.16. The van der Waals surface area contributed by atoms with E-state index in [0.717, 1.165) is 20.2 Å². The van der Waals surface area contributed by atoms with E-state index in [1.165, 1.54) is 18.4 Å². The first-order chi connectivity index (χ1) is 18.7. The van der Waals surface area contributed by atoms with E-state index in [1.807, 2.05) is 20.8 Å². The number of nitrogens with zero attached hydrogens (tertiary/aromatic N) is 3. The molecule has 0 spiro atoms. The second-order valence-corrected chi connectivity index (χ2v) is 10.1. The normalized spacial score (nSPS) is 10.9. The summed E-state index contributed by atoms with van der Waals surface area (Å²) < 4.78 is 17.9. The van der Waals surface area contributed by atoms with Crippen molar-refractivity contribution in [1.29, 1.82) is 0 Å². The number of benzene rings is 2. The summed E-state index contributed by atoms with van der Waals surface area (Å²) in [6, 6.07) is 13.3. The highest BCUT2D eigenvalue weighted by Crippen LogP contribution is 2.26. The second-order valence-electron chi connectivity index (χ2n) is 8.86. The molecular weight excluding hydrogens is 522 g/mol. The van der Waals surface area contributed by atoms with Gasteiger partial charge in [0.15, 0.2) is 0 Å². The van der Waals surface area contributed by atoms with Crippen molar-refractivity contribution in [2.75, 3.05) is 20.3 Å². The SMILES string of the molecule is COc1ccc(OC(=O)N(CC(=O)O)Cc2ccc(OCCn3c(C)nc4sc(C)c(C)c4c3=O)cc2)cc1. The predicted octanol–water partition coefficient (Wildman–Crippen LogP) is 4.56. The highest BCUT2D eigenvalue weighted by molar-refractivity contribution is 7.18. The highest BCUT2D eigenvalue weighted by Gasteiger charge is 2.20. The van der Waals surface area contributed by atoms with E-state index in [9.17, 15) is 19.5 Å². The van der Waals surface area contributed by atoms with Gasteiger partial charge in [-0.05, 0) is 68.3 Å². The van der Waals surface area contributed by atoms with E-state index in [-0.39, 0.29) is 24.5 Å². The van der Waals surface area contributed by atoms with Crippen LogP contribution in [0.15, 0.2) is 53.3 Å². The molecule has 204 valence electrons. The summed E-state index contributed by atoms with van der Waals surface area (Å²) in [5.74, 6) is 0.923. The Morgan fingerprint density at radius 2 is 1.64 bits per heavy atom. The molecule has 0 saturated carbocycles. The number of aliphatic carboxylic acids is 1. The fourth-order valence-corrected chi connectivity index (χ4v) is 5.08. The Hall–Kier alpha value is -4.38. The van der Waals surface area contributed by atoms with Crippen molar-refractivity contribution >= 4 is 33.6 Å². The van der Waals surface area contributed by atoms with Crippen LogP contribution < -0.4 is 19.8 Å². The fraction of sp³-hybridized carbons (Fsp3) is 0.286. The lowest BCUT2D eigenvalue weighted by atomic mass is 10.2. The number of rotatable bonds is 10. The number of carbonyl (C=O) groups excluding carboxylic acids is 1. The van der Waals surface area contributed by atoms with Crippen molar-refractivity contribution in [3.05, 3.63) is 80.7 Å². The first kappa shape index (κ1) is 27.6. The van der Waals surface area contributed by atoms with Crippen LogP contribution in [0.25, 0.3) is 10.2 Å². The average molecular weight is 552 g/mol. The predicted molar refractivity (Wildman–Crippen MR) is 147 cm³/mol. The molecule has 2 aromatic heterocycles. The number of hydrogen-bond donors (Lipinski definition) is 1. The first-order valence-electron chi connectivity index (χ1n) is 12.2. The summed E-state index contributed by atoms with van der Waals surface area (Å²) in [6.07, 6.45) is -0.787. The van der Waals surface area contributed by atoms with Crippen LogP contribution in [0.4, 0.5) is 4.79 Å². The van der Waals surface area contributed by atoms with Crippen LogP contribution in [-0.4, -0.2) is 51.9 Å². The maximum Gasteiger partial charge on any atom is 0.416 e. The molecule has 0 atom stereocenters. The summed E-state index contributed by atoms with van der Waals surface area (Å²) >= 11 is 1.52. The third kappa shape index (κ3) is 6.55. The standard InChI is InChI=1S/C28H29N3O7S/c1-17-18(2)39-26-25(17)27(34)31(19(3)29-26)13-14-37-22-7-5-20(6-8-22)15-30(16-24(32)33)28(35)38-23-11-9-21(36-4)10-12-23/h5-12H,13-16H2,1-4H3,(H,32,33). The van der Waals surface area contributed by atoms with Gasteiger partial charge in [-0.1, -0.05) is 12.1 Å². The quantitative estimate of drug-likeness (QED) is 0.305. The number of methoxy groups -OCH3 is 1. The molecule has 0 unspecified atom stereocenters. The number of carboxylic acids is 1. The molecule has 0 aliphatic rings. The average Bonchev–Trinajstić information content (AvgIpc) is 3.19. The Morgan fingerprint density at radius 1 is 1.00 bits per heavy atom. The van der Waals surface area contributed by atoms with Crippen LogP contribution in [0.2, 0.25) is 0 Å². The van der Waals surface area contributed by atoms with Gasteiger partial charge in [0.05, 0.1) is 19.0 Å². The van der Waals surface area contributed by atoms with Gasteiger partial charge in [-0.15, -0.1) is 11.3 Å². The number of thiophene rings is 1. The van der Waals surface area contributed by atoms with Gasteiger partial charge in [0, 0.05) is 11.4 Å². The molecule has 1 N–H and O–H groups in total. The molecule has 1 amide bonds. The Morgan fingerprint density at radius 3 is 2.28 bits per heavy atom. The lowest BCUT2D eigenvalue weighted by Crippen LogP contribution is -2.37. The number of hydrogen-bond acceptors (Lipinski definition) is 8. The maximum absolute atomic E-state index is 13.0. The molecule has 0 saturated heterocycles. The topological polar surface area (TPSA) is 120 Å². The molecule has 4 aromatic rings. The minimum Gasteiger partial charge on any atom is -0.497 e. The highest BCUT2D eigenvalue weighted by atomic mass is 32.1. The van der Waals surface area contributed by atoms with Gasteiger partial charge in [-0.25, -0.2) is 9.78 Å². The molecule has 39 heavy (non-hydrogen) atoms. The van der Waals surface area contributed by atoms with Gasteiger partial charge < -0.3 is 19.3 Å². The molecule has 0 fully saturated rings. The number of ether oxygens (including phenoxy) is 3. The number of carboxylic acid groups (broad SMARTS) is 1. The summed E-state index contributed by atoms with van der Waals surface area (Å²) in [5.41, 5.74) is 1.58. The third-order valence-corrected chi connectivity index (χ3v) is 7.31. The molecule has 10 nitrogen and oxygen atoms in total. The van der Waals surface area contributed by atoms with Crippen molar-refractivity contribution < 1.29 is 28.9 Å². The van der Waals surface area contributed by atoms with E-state index in [0.29, 0.717) is 34.8 Å². The molecule has 0 aliphatic carbocycles. The molecule has 2 heterocycles. The van der Waals surface area contributed by atoms with Gasteiger partial charge in [-0.2, -0.15) is 0 Å². The van der Waals surface area contributed by atoms with Crippen molar-refractivity contribution in [1.82, 2.24) is 14.5 Å². The second kappa shape index (κ2) is 12.0. The Balaban J connectivity index is 1.38. The van der Waals surface area contributed by atoms with Gasteiger partial charge in [0.2, 0.25) is 0 Å². The number of amides is 1. The Labute approximate surface area is 229 Å². The monoisotopic (exact) mass is 551 g/mol. The van der Waals surface area contributed by atoms with Gasteiger partial charge in [0.1, 0.15) is 41.1 Å². The first-order valence-corrected chi connectivity index (χ1v) is 13.0. The Kier molecular flexibility index (Phi) is 8.50. The molecule has 0 bridgehead atoms. The maximum atomic E-state index is 13.0. The van der Waals surface area contributed by atoms with E-state index >= 15 is 0 Å². The van der Waals surface area contributed by atoms with Crippen molar-refractivity contribution in [3.8, 4) is 17.2 Å². The number of aryl methyl sites for hydroxylation is 3. The summed E-state index contributed by atoms with van der Waals surface area (Å²) in [4.78, 5) is 44.6. The van der Waals surface area contributed by atoms with E-state index < -0.39 is 18.6 Å². The number of fused-ring (bicyclic) bond motifs is 1. The fourth-order valence-electron chi connectivity index (χ4n) is 4.02. The van der Waals surface area contributed by atoms with Crippen LogP contribution in [-0.2, 0) is 17.9 Å². The van der Waals surface area contributed by atoms with Crippen LogP contribution >= 0.6 is 11.3 Å². The Bertz CT molecular complexity index is 1540. The van der Waals surface area contributed by atoms with Crippen LogP contribution in [0.1, 0.15) is 21.8 Å². The molecule has 4 rings (SSSR count).